The van der Waals surface area contributed by atoms with E-state index in [1.165, 1.54) is 6.07 Å². The highest BCUT2D eigenvalue weighted by Crippen LogP contribution is 2.23. The second-order valence-corrected chi connectivity index (χ2v) is 7.30. The third kappa shape index (κ3) is 4.38. The van der Waals surface area contributed by atoms with Crippen LogP contribution in [-0.2, 0) is 6.54 Å². The fraction of sp³-hybridized carbons (Fsp3) is 0.0800. The molecule has 0 saturated carbocycles. The van der Waals surface area contributed by atoms with Crippen molar-refractivity contribution in [1.29, 1.82) is 0 Å². The number of nitrogens with two attached hydrogens (primary N) is 1. The molecule has 0 unspecified atom stereocenters. The largest absolute Gasteiger partial charge is 0.456 e. The summed E-state index contributed by atoms with van der Waals surface area (Å²) in [7, 11) is 0. The molecule has 0 spiro atoms. The van der Waals surface area contributed by atoms with Crippen LogP contribution in [0.15, 0.2) is 82.0 Å². The number of hydrogen-bond acceptors (Lipinski definition) is 4. The van der Waals surface area contributed by atoms with E-state index in [4.69, 9.17) is 10.2 Å². The summed E-state index contributed by atoms with van der Waals surface area (Å²) in [6, 6.07) is 20.5. The van der Waals surface area contributed by atoms with Crippen LogP contribution < -0.4 is 16.5 Å². The van der Waals surface area contributed by atoms with Gasteiger partial charge in [0, 0.05) is 29.3 Å². The number of nitrogens with one attached hydrogen (secondary N) is 1. The minimum atomic E-state index is -0.493. The van der Waals surface area contributed by atoms with E-state index in [9.17, 15) is 14.4 Å². The van der Waals surface area contributed by atoms with E-state index in [-0.39, 0.29) is 11.3 Å². The molecule has 3 N–H and O–H groups in total. The normalized spacial score (nSPS) is 10.7. The maximum absolute atomic E-state index is 12.4. The lowest BCUT2D eigenvalue weighted by atomic mass is 10.1. The summed E-state index contributed by atoms with van der Waals surface area (Å²) < 4.78 is 5.88. The van der Waals surface area contributed by atoms with E-state index in [0.717, 1.165) is 11.1 Å². The van der Waals surface area contributed by atoms with Gasteiger partial charge in [-0.05, 0) is 48.9 Å². The van der Waals surface area contributed by atoms with Gasteiger partial charge in [-0.25, -0.2) is 0 Å². The molecule has 1 heterocycles. The van der Waals surface area contributed by atoms with Gasteiger partial charge in [0.2, 0.25) is 5.91 Å². The molecule has 0 atom stereocenters. The molecule has 0 aliphatic carbocycles. The first-order valence-corrected chi connectivity index (χ1v) is 9.72. The molecule has 4 rings (SSSR count). The zero-order chi connectivity index (χ0) is 22.0. The molecule has 1 aromatic heterocycles. The summed E-state index contributed by atoms with van der Waals surface area (Å²) in [5.41, 5.74) is 9.09. The van der Waals surface area contributed by atoms with Crippen LogP contribution in [0.25, 0.3) is 22.3 Å². The average molecular weight is 412 g/mol. The van der Waals surface area contributed by atoms with E-state index < -0.39 is 5.91 Å². The number of rotatable bonds is 5. The first-order valence-electron chi connectivity index (χ1n) is 9.72. The molecular weight excluding hydrogens is 392 g/mol. The van der Waals surface area contributed by atoms with Crippen LogP contribution in [0.4, 0.5) is 0 Å². The Morgan fingerprint density at radius 1 is 0.903 bits per heavy atom. The average Bonchev–Trinajstić information content (AvgIpc) is 2.78. The molecular formula is C25H20N2O4. The molecule has 3 aromatic carbocycles. The first kappa shape index (κ1) is 20.1. The number of aryl methyl sites for hydroxylation is 1. The molecule has 154 valence electrons. The van der Waals surface area contributed by atoms with Crippen molar-refractivity contribution in [2.24, 2.45) is 5.73 Å². The number of hydrogen-bond donors (Lipinski definition) is 2. The SMILES string of the molecule is Cc1ccc2oc(-c3ccc(C(=O)NCc4ccc(C(N)=O)cc4)cc3)cc(=O)c2c1. The van der Waals surface area contributed by atoms with Crippen molar-refractivity contribution >= 4 is 22.8 Å². The Morgan fingerprint density at radius 2 is 1.58 bits per heavy atom. The van der Waals surface area contributed by atoms with E-state index in [0.29, 0.717) is 40.0 Å². The Balaban J connectivity index is 1.48. The summed E-state index contributed by atoms with van der Waals surface area (Å²) in [5, 5.41) is 3.38. The van der Waals surface area contributed by atoms with Gasteiger partial charge in [0.15, 0.2) is 5.43 Å². The molecule has 2 amide bonds. The summed E-state index contributed by atoms with van der Waals surface area (Å²) in [6.07, 6.45) is 0. The molecule has 0 aliphatic rings. The Kier molecular flexibility index (Phi) is 5.37. The van der Waals surface area contributed by atoms with Crippen LogP contribution in [0.1, 0.15) is 31.8 Å². The topological polar surface area (TPSA) is 102 Å². The summed E-state index contributed by atoms with van der Waals surface area (Å²) in [4.78, 5) is 36.0. The Morgan fingerprint density at radius 3 is 2.26 bits per heavy atom. The van der Waals surface area contributed by atoms with Gasteiger partial charge in [-0.15, -0.1) is 0 Å². The molecule has 6 nitrogen and oxygen atoms in total. The molecule has 4 aromatic rings. The molecule has 0 saturated heterocycles. The van der Waals surface area contributed by atoms with Gasteiger partial charge in [-0.3, -0.25) is 14.4 Å². The first-order chi connectivity index (χ1) is 14.9. The lowest BCUT2D eigenvalue weighted by molar-refractivity contribution is 0.0949. The maximum atomic E-state index is 12.4. The third-order valence-corrected chi connectivity index (χ3v) is 5.01. The predicted molar refractivity (Wildman–Crippen MR) is 119 cm³/mol. The number of carbonyl (C=O) groups excluding carboxylic acids is 2. The standard InChI is InChI=1S/C25H20N2O4/c1-15-2-11-22-20(12-15)21(28)13-23(31-22)17-7-9-19(10-8-17)25(30)27-14-16-3-5-18(6-4-16)24(26)29/h2-13H,14H2,1H3,(H2,26,29)(H,27,30). The zero-order valence-electron chi connectivity index (χ0n) is 16.8. The Bertz CT molecular complexity index is 1340. The molecule has 6 heteroatoms. The number of fused-ring (bicyclic) bond motifs is 1. The van der Waals surface area contributed by atoms with Gasteiger partial charge in [0.05, 0.1) is 5.39 Å². The van der Waals surface area contributed by atoms with Crippen LogP contribution >= 0.6 is 0 Å². The molecule has 0 bridgehead atoms. The Labute approximate surface area is 178 Å². The zero-order valence-corrected chi connectivity index (χ0v) is 16.8. The highest BCUT2D eigenvalue weighted by Gasteiger charge is 2.10. The monoisotopic (exact) mass is 412 g/mol. The van der Waals surface area contributed by atoms with E-state index in [1.54, 1.807) is 60.7 Å². The fourth-order valence-corrected chi connectivity index (χ4v) is 3.27. The second-order valence-electron chi connectivity index (χ2n) is 7.30. The molecule has 0 radical (unpaired) electrons. The second kappa shape index (κ2) is 8.28. The van der Waals surface area contributed by atoms with E-state index in [1.807, 2.05) is 13.0 Å². The third-order valence-electron chi connectivity index (χ3n) is 5.01. The van der Waals surface area contributed by atoms with Gasteiger partial charge in [-0.1, -0.05) is 35.9 Å². The highest BCUT2D eigenvalue weighted by atomic mass is 16.3. The van der Waals surface area contributed by atoms with Crippen molar-refractivity contribution in [2.75, 3.05) is 0 Å². The van der Waals surface area contributed by atoms with Crippen molar-refractivity contribution in [2.45, 2.75) is 13.5 Å². The smallest absolute Gasteiger partial charge is 0.251 e. The van der Waals surface area contributed by atoms with Crippen molar-refractivity contribution in [3.63, 3.8) is 0 Å². The predicted octanol–water partition coefficient (Wildman–Crippen LogP) is 3.80. The van der Waals surface area contributed by atoms with Crippen LogP contribution in [0.2, 0.25) is 0 Å². The minimum Gasteiger partial charge on any atom is -0.456 e. The van der Waals surface area contributed by atoms with Crippen molar-refractivity contribution in [3.05, 3.63) is 105 Å². The molecule has 31 heavy (non-hydrogen) atoms. The van der Waals surface area contributed by atoms with Crippen LogP contribution in [-0.4, -0.2) is 11.8 Å². The Hall–Kier alpha value is -4.19. The van der Waals surface area contributed by atoms with Crippen LogP contribution in [0, 0.1) is 6.92 Å². The lowest BCUT2D eigenvalue weighted by Crippen LogP contribution is -2.22. The van der Waals surface area contributed by atoms with Crippen molar-refractivity contribution in [3.8, 4) is 11.3 Å². The van der Waals surface area contributed by atoms with Gasteiger partial charge >= 0.3 is 0 Å². The summed E-state index contributed by atoms with van der Waals surface area (Å²) in [6.45, 7) is 2.24. The van der Waals surface area contributed by atoms with E-state index >= 15 is 0 Å². The summed E-state index contributed by atoms with van der Waals surface area (Å²) >= 11 is 0. The van der Waals surface area contributed by atoms with Crippen molar-refractivity contribution < 1.29 is 14.0 Å². The lowest BCUT2D eigenvalue weighted by Gasteiger charge is -2.07. The van der Waals surface area contributed by atoms with Gasteiger partial charge in [0.1, 0.15) is 11.3 Å². The van der Waals surface area contributed by atoms with Gasteiger partial charge in [-0.2, -0.15) is 0 Å². The number of benzene rings is 3. The van der Waals surface area contributed by atoms with Gasteiger partial charge < -0.3 is 15.5 Å². The highest BCUT2D eigenvalue weighted by molar-refractivity contribution is 5.95. The van der Waals surface area contributed by atoms with E-state index in [2.05, 4.69) is 5.32 Å². The minimum absolute atomic E-state index is 0.107. The van der Waals surface area contributed by atoms with Crippen LogP contribution in [0.3, 0.4) is 0 Å². The summed E-state index contributed by atoms with van der Waals surface area (Å²) in [5.74, 6) is -0.281. The number of primary amides is 1. The fourth-order valence-electron chi connectivity index (χ4n) is 3.27. The van der Waals surface area contributed by atoms with Crippen molar-refractivity contribution in [1.82, 2.24) is 5.32 Å². The van der Waals surface area contributed by atoms with Gasteiger partial charge in [0.25, 0.3) is 5.91 Å². The quantitative estimate of drug-likeness (QED) is 0.520. The number of carbonyl (C=O) groups is 2. The molecule has 0 aliphatic heterocycles. The number of amides is 2. The molecule has 0 fully saturated rings. The van der Waals surface area contributed by atoms with Crippen LogP contribution in [0.5, 0.6) is 0 Å². The maximum Gasteiger partial charge on any atom is 0.251 e.